The van der Waals surface area contributed by atoms with Gasteiger partial charge in [0.25, 0.3) is 0 Å². The van der Waals surface area contributed by atoms with E-state index in [0.717, 1.165) is 26.5 Å². The average Bonchev–Trinajstić information content (AvgIpc) is 1.80. The molecule has 35 heteroatoms. The molecule has 15 amide bonds. The van der Waals surface area contributed by atoms with Crippen molar-refractivity contribution in [2.75, 3.05) is 66.4 Å². The summed E-state index contributed by atoms with van der Waals surface area (Å²) < 4.78 is 0. The van der Waals surface area contributed by atoms with E-state index in [4.69, 9.17) is 5.73 Å². The Morgan fingerprint density at radius 3 is 1.50 bits per heavy atom. The topological polar surface area (TPSA) is 480 Å². The number of hydrogen-bond acceptors (Lipinski definition) is 18. The Bertz CT molecular complexity index is 4730. The number of phenols is 1. The molecule has 6 aromatic rings. The maximum atomic E-state index is 15.5. The Hall–Kier alpha value is -12.7. The van der Waals surface area contributed by atoms with Gasteiger partial charge in [-0.05, 0) is 83.0 Å². The highest BCUT2D eigenvalue weighted by Crippen LogP contribution is 2.24. The molecule has 0 saturated carbocycles. The van der Waals surface area contributed by atoms with E-state index in [9.17, 15) is 58.2 Å². The van der Waals surface area contributed by atoms with Crippen molar-refractivity contribution in [3.05, 3.63) is 174 Å². The summed E-state index contributed by atoms with van der Waals surface area (Å²) in [5, 5.41) is 45.3. The first-order valence-electron chi connectivity index (χ1n) is 41.8. The Balaban J connectivity index is 1.32. The zero-order valence-electron chi connectivity index (χ0n) is 72.9. The number of nitrogens with two attached hydrogens (primary N) is 1. The molecule has 125 heavy (non-hydrogen) atoms. The highest BCUT2D eigenvalue weighted by Gasteiger charge is 2.42. The van der Waals surface area contributed by atoms with Crippen LogP contribution in [0.2, 0.25) is 0 Å². The van der Waals surface area contributed by atoms with Crippen LogP contribution in [0.15, 0.2) is 146 Å². The second-order valence-electron chi connectivity index (χ2n) is 32.8. The van der Waals surface area contributed by atoms with Gasteiger partial charge >= 0.3 is 5.97 Å². The number of nitrogens with one attached hydrogen (secondary N) is 10. The monoisotopic (exact) mass is 1740 g/mol. The van der Waals surface area contributed by atoms with Crippen LogP contribution in [0.25, 0.3) is 10.9 Å². The number of aromatic hydroxyl groups is 1. The molecule has 34 nitrogen and oxygen atoms in total. The van der Waals surface area contributed by atoms with Crippen LogP contribution >= 0.6 is 11.8 Å². The lowest BCUT2D eigenvalue weighted by molar-refractivity contribution is -0.151. The lowest BCUT2D eigenvalue weighted by Crippen LogP contribution is -2.61. The quantitative estimate of drug-likeness (QED) is 0.0438. The summed E-state index contributed by atoms with van der Waals surface area (Å²) in [5.74, 6) is -17.0. The number of aromatic amines is 1. The van der Waals surface area contributed by atoms with E-state index in [-0.39, 0.29) is 74.7 Å². The predicted octanol–water partition coefficient (Wildman–Crippen LogP) is 2.42. The number of aromatic nitrogens is 1. The fourth-order valence-corrected chi connectivity index (χ4v) is 15.4. The van der Waals surface area contributed by atoms with Crippen LogP contribution in [-0.4, -0.2) is 267 Å². The maximum Gasteiger partial charge on any atom is 0.305 e. The molecular weight excluding hydrogens is 1630 g/mol. The van der Waals surface area contributed by atoms with Crippen LogP contribution in [0, 0.1) is 17.8 Å². The van der Waals surface area contributed by atoms with Crippen molar-refractivity contribution >= 4 is 117 Å². The second-order valence-corrected chi connectivity index (χ2v) is 33.9. The van der Waals surface area contributed by atoms with Crippen molar-refractivity contribution in [2.45, 2.75) is 186 Å². The number of aliphatic carboxylic acids is 1. The van der Waals surface area contributed by atoms with Crippen LogP contribution in [0.3, 0.4) is 0 Å². The van der Waals surface area contributed by atoms with E-state index in [1.54, 1.807) is 163 Å². The fraction of sp³-hybridized carbons (Fsp3) is 0.467. The number of carbonyl (C=O) groups is 16. The molecule has 1 aliphatic heterocycles. The SMILES string of the molecule is CCCC[C@H]1C(=O)N(C)CC(=O)N[C@@H](CC(=O)O)C(=O)NC(C(C)C)C(=O)N(C)[C@@H](Cc2ccccc2)C(=O)N[C@@H](CC(C)C)C(=O)N(C)CC(=O)N[C@@H](Cc2c[nH]c3ccccc23)C(=O)N[C@@H](Cc2ccc(O)cc2)C(=O)N[C@@H](CC(C)C)C(=O)N[C@H](C(=O)NCC(N)=O)CSCC(=O)N[C@@H](Cc2ccccc2)C(=O)N(C)[C@@H](Cc2ccccc2)C(=O)N1C. The zero-order valence-corrected chi connectivity index (χ0v) is 73.7. The first kappa shape index (κ1) is 99.4. The van der Waals surface area contributed by atoms with E-state index in [2.05, 4.69) is 52.8 Å². The van der Waals surface area contributed by atoms with Gasteiger partial charge in [0.2, 0.25) is 88.6 Å². The summed E-state index contributed by atoms with van der Waals surface area (Å²) in [6, 6.07) is 22.3. The number of thioether (sulfide) groups is 1. The number of carboxylic acids is 1. The van der Waals surface area contributed by atoms with Crippen LogP contribution in [0.5, 0.6) is 5.75 Å². The van der Waals surface area contributed by atoms with E-state index >= 15 is 28.8 Å². The number of para-hydroxylation sites is 1. The van der Waals surface area contributed by atoms with Gasteiger partial charge in [0.1, 0.15) is 72.2 Å². The van der Waals surface area contributed by atoms with Gasteiger partial charge in [-0.15, -0.1) is 11.8 Å². The lowest BCUT2D eigenvalue weighted by atomic mass is 9.98. The van der Waals surface area contributed by atoms with Crippen LogP contribution < -0.4 is 53.6 Å². The van der Waals surface area contributed by atoms with Gasteiger partial charge < -0.3 is 93.3 Å². The molecule has 11 atom stereocenters. The van der Waals surface area contributed by atoms with Crippen LogP contribution in [0.1, 0.15) is 115 Å². The number of likely N-dealkylation sites (N-methyl/N-ethyl adjacent to an activating group) is 5. The Morgan fingerprint density at radius 2 is 0.936 bits per heavy atom. The summed E-state index contributed by atoms with van der Waals surface area (Å²) in [6.07, 6.45) is 0.590. The number of rotatable bonds is 23. The zero-order chi connectivity index (χ0) is 91.9. The van der Waals surface area contributed by atoms with E-state index in [1.165, 1.54) is 69.3 Å². The van der Waals surface area contributed by atoms with E-state index in [0.29, 0.717) is 51.6 Å². The van der Waals surface area contributed by atoms with Gasteiger partial charge in [0.05, 0.1) is 31.8 Å². The Morgan fingerprint density at radius 1 is 0.472 bits per heavy atom. The highest BCUT2D eigenvalue weighted by molar-refractivity contribution is 8.00. The maximum absolute atomic E-state index is 15.5. The number of fused-ring (bicyclic) bond motifs is 1. The number of carboxylic acid groups (broad SMARTS) is 1. The second kappa shape index (κ2) is 48.4. The third-order valence-electron chi connectivity index (χ3n) is 21.4. The lowest BCUT2D eigenvalue weighted by Gasteiger charge is -2.37. The van der Waals surface area contributed by atoms with Gasteiger partial charge in [-0.3, -0.25) is 76.7 Å². The number of primary amides is 1. The summed E-state index contributed by atoms with van der Waals surface area (Å²) in [5.41, 5.74) is 8.83. The van der Waals surface area contributed by atoms with Gasteiger partial charge in [-0.1, -0.05) is 183 Å². The molecule has 1 saturated heterocycles. The number of unbranched alkanes of at least 4 members (excludes halogenated alkanes) is 1. The number of H-pyrrole nitrogens is 1. The van der Waals surface area contributed by atoms with Gasteiger partial charge in [0.15, 0.2) is 0 Å². The third kappa shape index (κ3) is 30.7. The van der Waals surface area contributed by atoms with Crippen molar-refractivity contribution in [3.63, 3.8) is 0 Å². The van der Waals surface area contributed by atoms with E-state index in [1.807, 2.05) is 6.92 Å². The van der Waals surface area contributed by atoms with Gasteiger partial charge in [-0.2, -0.15) is 0 Å². The van der Waals surface area contributed by atoms with Crippen molar-refractivity contribution < 1.29 is 86.9 Å². The van der Waals surface area contributed by atoms with E-state index < -0.39 is 199 Å². The van der Waals surface area contributed by atoms with Crippen molar-refractivity contribution in [2.24, 2.45) is 23.5 Å². The summed E-state index contributed by atoms with van der Waals surface area (Å²) in [7, 11) is 6.63. The normalized spacial score (nSPS) is 22.3. The number of amides is 15. The largest absolute Gasteiger partial charge is 0.508 e. The number of carbonyl (C=O) groups excluding carboxylic acids is 15. The van der Waals surface area contributed by atoms with Crippen molar-refractivity contribution in [3.8, 4) is 5.75 Å². The minimum Gasteiger partial charge on any atom is -0.508 e. The van der Waals surface area contributed by atoms with Gasteiger partial charge in [0, 0.05) is 90.2 Å². The molecule has 674 valence electrons. The predicted molar refractivity (Wildman–Crippen MR) is 470 cm³/mol. The minimum absolute atomic E-state index is 0.0113. The van der Waals surface area contributed by atoms with Crippen molar-refractivity contribution in [1.29, 1.82) is 0 Å². The molecule has 0 aliphatic carbocycles. The first-order chi connectivity index (χ1) is 59.3. The number of phenolic OH excluding ortho intramolecular Hbond substituents is 1. The fourth-order valence-electron chi connectivity index (χ4n) is 14.6. The molecule has 1 aliphatic rings. The van der Waals surface area contributed by atoms with Crippen LogP contribution in [-0.2, 0) is 109 Å². The molecule has 14 N–H and O–H groups in total. The standard InChI is InChI=1S/C90H120N16O18S/c1-13-14-34-71-88(122)103(9)50-76(110)95-67(46-78(112)113)84(118)101-79(55(6)7)90(124)105(11)72(43-57-28-20-16-21-29-57)85(119)99-68(40-54(4)5)86(120)102(8)49-75(109)94-66(45-60-47-92-63-33-25-24-32-62(60)63)83(117)98-65(41-59-35-37-61(107)38-36-59)82(116)97-64(39-53(2)3)81(115)100-70(80(114)93-48-74(91)108)51-125-52-77(111)96-69(42-56-26-18-15-19-27-56)87(121)106(12)73(89(123)104(71)10)44-58-30-22-17-23-31-58/h15-33,35-38,47,53-55,64-73,79,92,107H,13-14,34,39-46,48-52H2,1-12H3,(H2,91,108)(H,93,114)(H,94,109)(H,95,110)(H,96,111)(H,97,116)(H,98,117)(H,99,119)(H,100,115)(H,101,118)(H,112,113)/t64-,65-,66-,67-,68-,69-,70-,71-,72-,73-,79?/m0/s1. The van der Waals surface area contributed by atoms with Crippen molar-refractivity contribution in [1.82, 2.24) is 77.3 Å². The van der Waals surface area contributed by atoms with Gasteiger partial charge in [-0.25, -0.2) is 0 Å². The molecule has 0 bridgehead atoms. The number of nitrogens with zero attached hydrogens (tertiary/aromatic N) is 5. The minimum atomic E-state index is -1.88. The summed E-state index contributed by atoms with van der Waals surface area (Å²) >= 11 is 0.837. The molecule has 7 rings (SSSR count). The molecule has 0 radical (unpaired) electrons. The molecular formula is C90H120N16O18S. The molecule has 1 fully saturated rings. The third-order valence-corrected chi connectivity index (χ3v) is 22.4. The molecule has 5 aromatic carbocycles. The first-order valence-corrected chi connectivity index (χ1v) is 43.0. The summed E-state index contributed by atoms with van der Waals surface area (Å²) in [4.78, 5) is 242. The number of benzene rings is 5. The smallest absolute Gasteiger partial charge is 0.305 e. The van der Waals surface area contributed by atoms with Crippen LogP contribution in [0.4, 0.5) is 0 Å². The highest BCUT2D eigenvalue weighted by atomic mass is 32.2. The molecule has 1 unspecified atom stereocenters. The molecule has 1 aromatic heterocycles. The molecule has 2 heterocycles. The Labute approximate surface area is 732 Å². The Kier molecular flexibility index (Phi) is 38.5. The molecule has 0 spiro atoms. The summed E-state index contributed by atoms with van der Waals surface area (Å²) in [6.45, 7) is 9.91. The average molecular weight is 1750 g/mol. The number of hydrogen-bond donors (Lipinski definition) is 13.